The van der Waals surface area contributed by atoms with E-state index in [1.165, 1.54) is 0 Å². The molecular weight excluding hydrogens is 234 g/mol. The largest absolute Gasteiger partial charge is 0.481 e. The van der Waals surface area contributed by atoms with E-state index in [-0.39, 0.29) is 12.3 Å². The molecule has 0 aromatic carbocycles. The number of aromatic nitrogens is 2. The molecule has 0 aliphatic rings. The fourth-order valence-electron chi connectivity index (χ4n) is 2.21. The molecule has 1 rings (SSSR count). The summed E-state index contributed by atoms with van der Waals surface area (Å²) >= 11 is 0. The number of hydrogen-bond acceptors (Lipinski definition) is 4. The summed E-state index contributed by atoms with van der Waals surface area (Å²) in [6.45, 7) is 5.46. The van der Waals surface area contributed by atoms with Gasteiger partial charge in [0.15, 0.2) is 0 Å². The van der Waals surface area contributed by atoms with Crippen LogP contribution in [0, 0.1) is 6.92 Å². The lowest BCUT2D eigenvalue weighted by atomic mass is 9.80. The number of hydrogen-bond donors (Lipinski definition) is 2. The van der Waals surface area contributed by atoms with Crippen LogP contribution in [0.5, 0.6) is 5.88 Å². The number of carboxylic acids is 1. The zero-order chi connectivity index (χ0) is 14.1. The standard InChI is InChI=1S/C12H21N3O3/c1-7-10(11(18-5)15(4)14-7)8(6-9(16)17)12(2,3)13/h8H,6,13H2,1-5H3,(H,16,17). The lowest BCUT2D eigenvalue weighted by molar-refractivity contribution is -0.137. The summed E-state index contributed by atoms with van der Waals surface area (Å²) in [6.07, 6.45) is -0.0492. The maximum atomic E-state index is 11.0. The van der Waals surface area contributed by atoms with Gasteiger partial charge in [0.2, 0.25) is 5.88 Å². The van der Waals surface area contributed by atoms with Crippen molar-refractivity contribution in [2.45, 2.75) is 38.6 Å². The molecule has 6 nitrogen and oxygen atoms in total. The van der Waals surface area contributed by atoms with Crippen LogP contribution in [0.25, 0.3) is 0 Å². The quantitative estimate of drug-likeness (QED) is 0.820. The van der Waals surface area contributed by atoms with Crippen LogP contribution in [-0.2, 0) is 11.8 Å². The number of carboxylic acid groups (broad SMARTS) is 1. The van der Waals surface area contributed by atoms with Gasteiger partial charge in [-0.25, -0.2) is 4.68 Å². The Kier molecular flexibility index (Phi) is 4.01. The second-order valence-electron chi connectivity index (χ2n) is 5.10. The number of aryl methyl sites for hydroxylation is 2. The van der Waals surface area contributed by atoms with Crippen LogP contribution in [0.2, 0.25) is 0 Å². The van der Waals surface area contributed by atoms with Crippen LogP contribution in [0.1, 0.15) is 37.4 Å². The highest BCUT2D eigenvalue weighted by Crippen LogP contribution is 2.37. The molecule has 102 valence electrons. The zero-order valence-corrected chi connectivity index (χ0v) is 11.5. The topological polar surface area (TPSA) is 90.4 Å². The molecule has 0 spiro atoms. The van der Waals surface area contributed by atoms with Gasteiger partial charge in [0.1, 0.15) is 0 Å². The van der Waals surface area contributed by atoms with Gasteiger partial charge in [-0.3, -0.25) is 4.79 Å². The van der Waals surface area contributed by atoms with E-state index in [2.05, 4.69) is 5.10 Å². The lowest BCUT2D eigenvalue weighted by Gasteiger charge is -2.29. The Hall–Kier alpha value is -1.56. The highest BCUT2D eigenvalue weighted by molar-refractivity contribution is 5.68. The van der Waals surface area contributed by atoms with Gasteiger partial charge in [-0.05, 0) is 20.8 Å². The van der Waals surface area contributed by atoms with Gasteiger partial charge in [-0.15, -0.1) is 0 Å². The van der Waals surface area contributed by atoms with Crippen molar-refractivity contribution >= 4 is 5.97 Å². The van der Waals surface area contributed by atoms with E-state index in [1.54, 1.807) is 18.8 Å². The maximum Gasteiger partial charge on any atom is 0.304 e. The molecule has 1 unspecified atom stereocenters. The second-order valence-corrected chi connectivity index (χ2v) is 5.10. The normalized spacial score (nSPS) is 13.4. The van der Waals surface area contributed by atoms with Crippen LogP contribution in [0.4, 0.5) is 0 Å². The molecule has 0 fully saturated rings. The third-order valence-electron chi connectivity index (χ3n) is 3.03. The molecule has 1 heterocycles. The number of methoxy groups -OCH3 is 1. The summed E-state index contributed by atoms with van der Waals surface area (Å²) in [4.78, 5) is 11.0. The minimum absolute atomic E-state index is 0.0492. The first-order valence-electron chi connectivity index (χ1n) is 5.76. The first kappa shape index (κ1) is 14.5. The fraction of sp³-hybridized carbons (Fsp3) is 0.667. The average molecular weight is 255 g/mol. The third kappa shape index (κ3) is 2.81. The number of rotatable bonds is 5. The minimum atomic E-state index is -0.885. The summed E-state index contributed by atoms with van der Waals surface area (Å²) in [5.41, 5.74) is 6.96. The molecule has 0 bridgehead atoms. The molecule has 1 atom stereocenters. The zero-order valence-electron chi connectivity index (χ0n) is 11.5. The predicted octanol–water partition coefficient (Wildman–Crippen LogP) is 1.03. The Morgan fingerprint density at radius 1 is 1.61 bits per heavy atom. The van der Waals surface area contributed by atoms with Crippen molar-refractivity contribution in [3.05, 3.63) is 11.3 Å². The average Bonchev–Trinajstić information content (AvgIpc) is 2.47. The Labute approximate surface area is 107 Å². The molecule has 0 radical (unpaired) electrons. The Morgan fingerprint density at radius 2 is 2.17 bits per heavy atom. The van der Waals surface area contributed by atoms with Crippen molar-refractivity contribution in [3.63, 3.8) is 0 Å². The van der Waals surface area contributed by atoms with Crippen LogP contribution < -0.4 is 10.5 Å². The molecule has 0 saturated heterocycles. The molecule has 0 saturated carbocycles. The summed E-state index contributed by atoms with van der Waals surface area (Å²) in [5.74, 6) is -0.667. The number of carbonyl (C=O) groups is 1. The SMILES string of the molecule is COc1c(C(CC(=O)O)C(C)(C)N)c(C)nn1C. The number of nitrogens with zero attached hydrogens (tertiary/aromatic N) is 2. The molecule has 6 heteroatoms. The second kappa shape index (κ2) is 4.97. The van der Waals surface area contributed by atoms with E-state index in [0.717, 1.165) is 11.3 Å². The van der Waals surface area contributed by atoms with Gasteiger partial charge < -0.3 is 15.6 Å². The van der Waals surface area contributed by atoms with Crippen molar-refractivity contribution in [1.82, 2.24) is 9.78 Å². The van der Waals surface area contributed by atoms with Gasteiger partial charge in [0, 0.05) is 24.1 Å². The summed E-state index contributed by atoms with van der Waals surface area (Å²) < 4.78 is 6.91. The summed E-state index contributed by atoms with van der Waals surface area (Å²) in [6, 6.07) is 0. The van der Waals surface area contributed by atoms with Crippen LogP contribution in [0.15, 0.2) is 0 Å². The van der Waals surface area contributed by atoms with E-state index in [9.17, 15) is 4.79 Å². The predicted molar refractivity (Wildman–Crippen MR) is 67.8 cm³/mol. The van der Waals surface area contributed by atoms with E-state index in [4.69, 9.17) is 15.6 Å². The maximum absolute atomic E-state index is 11.0. The van der Waals surface area contributed by atoms with Crippen molar-refractivity contribution < 1.29 is 14.6 Å². The molecule has 0 aliphatic carbocycles. The fourth-order valence-corrected chi connectivity index (χ4v) is 2.21. The Morgan fingerprint density at radius 3 is 2.56 bits per heavy atom. The van der Waals surface area contributed by atoms with E-state index in [1.807, 2.05) is 20.8 Å². The third-order valence-corrected chi connectivity index (χ3v) is 3.03. The van der Waals surface area contributed by atoms with E-state index in [0.29, 0.717) is 5.88 Å². The summed E-state index contributed by atoms with van der Waals surface area (Å²) in [7, 11) is 3.30. The van der Waals surface area contributed by atoms with Crippen LogP contribution in [-0.4, -0.2) is 33.5 Å². The van der Waals surface area contributed by atoms with Gasteiger partial charge in [-0.1, -0.05) is 0 Å². The van der Waals surface area contributed by atoms with Crippen LogP contribution >= 0.6 is 0 Å². The first-order valence-corrected chi connectivity index (χ1v) is 5.76. The Bertz CT molecular complexity index is 446. The van der Waals surface area contributed by atoms with E-state index >= 15 is 0 Å². The lowest BCUT2D eigenvalue weighted by Crippen LogP contribution is -2.40. The molecule has 3 N–H and O–H groups in total. The van der Waals surface area contributed by atoms with Gasteiger partial charge in [0.05, 0.1) is 19.2 Å². The van der Waals surface area contributed by atoms with Crippen molar-refractivity contribution in [3.8, 4) is 5.88 Å². The first-order chi connectivity index (χ1) is 8.18. The van der Waals surface area contributed by atoms with Gasteiger partial charge in [0.25, 0.3) is 0 Å². The highest BCUT2D eigenvalue weighted by Gasteiger charge is 2.34. The number of aliphatic carboxylic acids is 1. The molecular formula is C12H21N3O3. The van der Waals surface area contributed by atoms with Crippen molar-refractivity contribution in [2.75, 3.05) is 7.11 Å². The monoisotopic (exact) mass is 255 g/mol. The Balaban J connectivity index is 3.33. The molecule has 1 aromatic heterocycles. The number of ether oxygens (including phenoxy) is 1. The highest BCUT2D eigenvalue weighted by atomic mass is 16.5. The molecule has 1 aromatic rings. The van der Waals surface area contributed by atoms with E-state index < -0.39 is 11.5 Å². The van der Waals surface area contributed by atoms with Gasteiger partial charge >= 0.3 is 5.97 Å². The number of nitrogens with two attached hydrogens (primary N) is 1. The van der Waals surface area contributed by atoms with Crippen LogP contribution in [0.3, 0.4) is 0 Å². The van der Waals surface area contributed by atoms with Gasteiger partial charge in [-0.2, -0.15) is 5.10 Å². The summed E-state index contributed by atoms with van der Waals surface area (Å²) in [5, 5.41) is 13.3. The molecule has 0 aliphatic heterocycles. The smallest absolute Gasteiger partial charge is 0.304 e. The van der Waals surface area contributed by atoms with Crippen molar-refractivity contribution in [1.29, 1.82) is 0 Å². The minimum Gasteiger partial charge on any atom is -0.481 e. The van der Waals surface area contributed by atoms with Crippen molar-refractivity contribution in [2.24, 2.45) is 12.8 Å². The molecule has 18 heavy (non-hydrogen) atoms. The molecule has 0 amide bonds.